The average molecular weight is 270 g/mol. The van der Waals surface area contributed by atoms with Gasteiger partial charge in [-0.3, -0.25) is 4.79 Å². The van der Waals surface area contributed by atoms with Crippen molar-refractivity contribution in [2.24, 2.45) is 0 Å². The van der Waals surface area contributed by atoms with E-state index in [1.807, 2.05) is 0 Å². The molecule has 0 saturated heterocycles. The number of pyridine rings is 1. The molecule has 1 heterocycles. The minimum Gasteiger partial charge on any atom is -0.478 e. The zero-order valence-corrected chi connectivity index (χ0v) is 11.2. The second-order valence-corrected chi connectivity index (χ2v) is 4.45. The highest BCUT2D eigenvalue weighted by Crippen LogP contribution is 2.16. The maximum absolute atomic E-state index is 12.0. The molecule has 2 aromatic rings. The number of carbonyl (C=O) groups excluding carboxylic acids is 1. The van der Waals surface area contributed by atoms with Crippen molar-refractivity contribution < 1.29 is 14.7 Å². The van der Waals surface area contributed by atoms with Crippen LogP contribution in [0.15, 0.2) is 36.4 Å². The van der Waals surface area contributed by atoms with Gasteiger partial charge in [0.1, 0.15) is 5.69 Å². The molecule has 1 aromatic carbocycles. The van der Waals surface area contributed by atoms with E-state index < -0.39 is 5.97 Å². The van der Waals surface area contributed by atoms with E-state index in [0.29, 0.717) is 16.9 Å². The smallest absolute Gasteiger partial charge is 0.336 e. The van der Waals surface area contributed by atoms with Crippen LogP contribution in [0, 0.1) is 13.8 Å². The molecular weight excluding hydrogens is 256 g/mol. The van der Waals surface area contributed by atoms with Gasteiger partial charge in [-0.25, -0.2) is 9.78 Å². The van der Waals surface area contributed by atoms with Crippen molar-refractivity contribution in [1.82, 2.24) is 4.98 Å². The number of carbonyl (C=O) groups is 2. The molecule has 102 valence electrons. The van der Waals surface area contributed by atoms with Crippen LogP contribution in [0.3, 0.4) is 0 Å². The highest BCUT2D eigenvalue weighted by Gasteiger charge is 2.11. The Balaban J connectivity index is 2.24. The third kappa shape index (κ3) is 3.00. The number of carboxylic acids is 1. The first kappa shape index (κ1) is 13.7. The quantitative estimate of drug-likeness (QED) is 0.898. The van der Waals surface area contributed by atoms with Crippen LogP contribution in [0.5, 0.6) is 0 Å². The molecule has 2 N–H and O–H groups in total. The Bertz CT molecular complexity index is 681. The van der Waals surface area contributed by atoms with Crippen molar-refractivity contribution in [3.63, 3.8) is 0 Å². The summed E-state index contributed by atoms with van der Waals surface area (Å²) in [4.78, 5) is 27.2. The molecule has 0 fully saturated rings. The molecule has 0 aliphatic rings. The fraction of sp³-hybridized carbons (Fsp3) is 0.133. The average Bonchev–Trinajstić information content (AvgIpc) is 2.40. The van der Waals surface area contributed by atoms with E-state index in [9.17, 15) is 9.59 Å². The van der Waals surface area contributed by atoms with Crippen LogP contribution in [0.25, 0.3) is 0 Å². The number of hydrogen-bond acceptors (Lipinski definition) is 3. The van der Waals surface area contributed by atoms with E-state index in [1.54, 1.807) is 44.2 Å². The molecular formula is C15H14N2O3. The Hall–Kier alpha value is -2.69. The number of hydrogen-bond donors (Lipinski definition) is 2. The van der Waals surface area contributed by atoms with Crippen LogP contribution in [0.2, 0.25) is 0 Å². The molecule has 0 bridgehead atoms. The molecule has 0 unspecified atom stereocenters. The van der Waals surface area contributed by atoms with Gasteiger partial charge < -0.3 is 10.4 Å². The number of rotatable bonds is 3. The van der Waals surface area contributed by atoms with Gasteiger partial charge in [-0.1, -0.05) is 12.1 Å². The second kappa shape index (κ2) is 5.52. The van der Waals surface area contributed by atoms with E-state index in [-0.39, 0.29) is 11.5 Å². The molecule has 0 aliphatic heterocycles. The zero-order valence-electron chi connectivity index (χ0n) is 11.2. The molecule has 0 aliphatic carbocycles. The van der Waals surface area contributed by atoms with Gasteiger partial charge >= 0.3 is 5.97 Å². The molecule has 1 amide bonds. The van der Waals surface area contributed by atoms with Gasteiger partial charge in [-0.15, -0.1) is 0 Å². The third-order valence-electron chi connectivity index (χ3n) is 2.85. The number of nitrogens with zero attached hydrogens (tertiary/aromatic N) is 1. The van der Waals surface area contributed by atoms with Crippen molar-refractivity contribution >= 4 is 17.6 Å². The summed E-state index contributed by atoms with van der Waals surface area (Å²) in [5.41, 5.74) is 2.28. The summed E-state index contributed by atoms with van der Waals surface area (Å²) in [5, 5.41) is 11.7. The van der Waals surface area contributed by atoms with Crippen LogP contribution in [0.1, 0.15) is 32.1 Å². The molecule has 0 saturated carbocycles. The van der Waals surface area contributed by atoms with Crippen molar-refractivity contribution in [1.29, 1.82) is 0 Å². The number of anilines is 1. The molecule has 1 aromatic heterocycles. The second-order valence-electron chi connectivity index (χ2n) is 4.45. The normalized spacial score (nSPS) is 10.1. The molecule has 5 nitrogen and oxygen atoms in total. The lowest BCUT2D eigenvalue weighted by molar-refractivity contribution is 0.0695. The Kier molecular flexibility index (Phi) is 3.79. The standard InChI is InChI=1S/C15H14N2O3/c1-9-6-7-11(8-12(9)15(19)20)17-14(18)13-5-3-4-10(2)16-13/h3-8H,1-2H3,(H,17,18)(H,19,20). The third-order valence-corrected chi connectivity index (χ3v) is 2.85. The lowest BCUT2D eigenvalue weighted by Crippen LogP contribution is -2.14. The van der Waals surface area contributed by atoms with Gasteiger partial charge in [0.15, 0.2) is 0 Å². The summed E-state index contributed by atoms with van der Waals surface area (Å²) >= 11 is 0. The molecule has 0 spiro atoms. The largest absolute Gasteiger partial charge is 0.478 e. The van der Waals surface area contributed by atoms with Crippen molar-refractivity contribution in [2.45, 2.75) is 13.8 Å². The van der Waals surface area contributed by atoms with Crippen LogP contribution >= 0.6 is 0 Å². The molecule has 2 rings (SSSR count). The maximum Gasteiger partial charge on any atom is 0.336 e. The van der Waals surface area contributed by atoms with Crippen molar-refractivity contribution in [2.75, 3.05) is 5.32 Å². The highest BCUT2D eigenvalue weighted by atomic mass is 16.4. The van der Waals surface area contributed by atoms with Gasteiger partial charge in [-0.05, 0) is 43.7 Å². The predicted molar refractivity (Wildman–Crippen MR) is 75.1 cm³/mol. The SMILES string of the molecule is Cc1cccc(C(=O)Nc2ccc(C)c(C(=O)O)c2)n1. The molecule has 0 atom stereocenters. The highest BCUT2D eigenvalue weighted by molar-refractivity contribution is 6.03. The summed E-state index contributed by atoms with van der Waals surface area (Å²) in [5.74, 6) is -1.39. The van der Waals surface area contributed by atoms with Gasteiger partial charge in [0.05, 0.1) is 5.56 Å². The van der Waals surface area contributed by atoms with Crippen LogP contribution in [-0.4, -0.2) is 22.0 Å². The fourth-order valence-corrected chi connectivity index (χ4v) is 1.79. The summed E-state index contributed by atoms with van der Waals surface area (Å²) in [6, 6.07) is 9.90. The van der Waals surface area contributed by atoms with Gasteiger partial charge in [0.25, 0.3) is 5.91 Å². The van der Waals surface area contributed by atoms with Gasteiger partial charge in [0.2, 0.25) is 0 Å². The van der Waals surface area contributed by atoms with Crippen molar-refractivity contribution in [3.05, 3.63) is 58.9 Å². The van der Waals surface area contributed by atoms with Gasteiger partial charge in [-0.2, -0.15) is 0 Å². The first-order valence-electron chi connectivity index (χ1n) is 6.06. The predicted octanol–water partition coefficient (Wildman–Crippen LogP) is 2.65. The van der Waals surface area contributed by atoms with E-state index >= 15 is 0 Å². The monoisotopic (exact) mass is 270 g/mol. The first-order valence-corrected chi connectivity index (χ1v) is 6.06. The van der Waals surface area contributed by atoms with E-state index in [2.05, 4.69) is 10.3 Å². The summed E-state index contributed by atoms with van der Waals surface area (Å²) < 4.78 is 0. The lowest BCUT2D eigenvalue weighted by Gasteiger charge is -2.07. The summed E-state index contributed by atoms with van der Waals surface area (Å²) in [6.07, 6.45) is 0. The summed E-state index contributed by atoms with van der Waals surface area (Å²) in [6.45, 7) is 3.50. The number of aromatic nitrogens is 1. The van der Waals surface area contributed by atoms with Gasteiger partial charge in [0, 0.05) is 11.4 Å². The van der Waals surface area contributed by atoms with E-state index in [1.165, 1.54) is 6.07 Å². The molecule has 0 radical (unpaired) electrons. The Morgan fingerprint density at radius 3 is 2.55 bits per heavy atom. The fourth-order valence-electron chi connectivity index (χ4n) is 1.79. The van der Waals surface area contributed by atoms with Crippen LogP contribution in [-0.2, 0) is 0 Å². The molecule has 5 heteroatoms. The van der Waals surface area contributed by atoms with E-state index in [4.69, 9.17) is 5.11 Å². The minimum absolute atomic E-state index is 0.167. The number of nitrogens with one attached hydrogen (secondary N) is 1. The molecule has 20 heavy (non-hydrogen) atoms. The van der Waals surface area contributed by atoms with Crippen molar-refractivity contribution in [3.8, 4) is 0 Å². The Morgan fingerprint density at radius 1 is 1.15 bits per heavy atom. The minimum atomic E-state index is -1.02. The Morgan fingerprint density at radius 2 is 1.90 bits per heavy atom. The van der Waals surface area contributed by atoms with Crippen LogP contribution < -0.4 is 5.32 Å². The number of benzene rings is 1. The summed E-state index contributed by atoms with van der Waals surface area (Å²) in [7, 11) is 0. The zero-order chi connectivity index (χ0) is 14.7. The number of carboxylic acid groups (broad SMARTS) is 1. The number of amides is 1. The Labute approximate surface area is 116 Å². The van der Waals surface area contributed by atoms with E-state index in [0.717, 1.165) is 5.69 Å². The number of aromatic carboxylic acids is 1. The number of aryl methyl sites for hydroxylation is 2. The maximum atomic E-state index is 12.0. The van der Waals surface area contributed by atoms with Crippen LogP contribution in [0.4, 0.5) is 5.69 Å². The first-order chi connectivity index (χ1) is 9.47. The topological polar surface area (TPSA) is 79.3 Å². The lowest BCUT2D eigenvalue weighted by atomic mass is 10.1.